The summed E-state index contributed by atoms with van der Waals surface area (Å²) in [5.74, 6) is 0.878. The number of H-pyrrole nitrogens is 1. The lowest BCUT2D eigenvalue weighted by atomic mass is 10.2. The molecular formula is C15H16N4O5. The van der Waals surface area contributed by atoms with Crippen LogP contribution in [0, 0.1) is 6.92 Å². The van der Waals surface area contributed by atoms with Gasteiger partial charge in [0.15, 0.2) is 11.5 Å². The molecule has 0 atom stereocenters. The number of ether oxygens (including phenoxy) is 2. The summed E-state index contributed by atoms with van der Waals surface area (Å²) in [6, 6.07) is 6.90. The maximum Gasteiger partial charge on any atom is 0.300 e. The summed E-state index contributed by atoms with van der Waals surface area (Å²) in [5.41, 5.74) is 3.91. The van der Waals surface area contributed by atoms with E-state index in [1.54, 1.807) is 13.1 Å². The zero-order valence-corrected chi connectivity index (χ0v) is 13.1. The highest BCUT2D eigenvalue weighted by atomic mass is 16.7. The summed E-state index contributed by atoms with van der Waals surface area (Å²) in [5, 5.41) is 11.4. The van der Waals surface area contributed by atoms with Gasteiger partial charge < -0.3 is 14.6 Å². The number of aromatic amines is 1. The lowest BCUT2D eigenvalue weighted by Gasteiger charge is -2.00. The first-order valence-corrected chi connectivity index (χ1v) is 6.90. The molecular weight excluding hydrogens is 316 g/mol. The zero-order chi connectivity index (χ0) is 17.5. The van der Waals surface area contributed by atoms with Crippen molar-refractivity contribution in [1.29, 1.82) is 0 Å². The smallest absolute Gasteiger partial charge is 0.300 e. The largest absolute Gasteiger partial charge is 0.481 e. The first-order chi connectivity index (χ1) is 11.4. The molecule has 0 radical (unpaired) electrons. The fourth-order valence-corrected chi connectivity index (χ4v) is 1.79. The van der Waals surface area contributed by atoms with Crippen LogP contribution in [0.1, 0.15) is 18.2 Å². The van der Waals surface area contributed by atoms with Crippen LogP contribution in [0.3, 0.4) is 0 Å². The molecule has 0 bridgehead atoms. The van der Waals surface area contributed by atoms with E-state index in [2.05, 4.69) is 20.5 Å². The van der Waals surface area contributed by atoms with Crippen molar-refractivity contribution in [2.24, 2.45) is 5.10 Å². The number of rotatable bonds is 3. The van der Waals surface area contributed by atoms with Gasteiger partial charge in [0.05, 0.1) is 6.21 Å². The molecule has 2 heterocycles. The topological polar surface area (TPSA) is 126 Å². The Morgan fingerprint density at radius 3 is 2.79 bits per heavy atom. The van der Waals surface area contributed by atoms with E-state index in [4.69, 9.17) is 19.4 Å². The highest BCUT2D eigenvalue weighted by Gasteiger charge is 2.12. The number of aryl methyl sites for hydroxylation is 1. The number of nitrogens with one attached hydrogen (secondary N) is 2. The maximum absolute atomic E-state index is 11.3. The predicted molar refractivity (Wildman–Crippen MR) is 86.7 cm³/mol. The molecule has 0 fully saturated rings. The first kappa shape index (κ1) is 17.0. The number of aliphatic carboxylic acids is 1. The number of hydrogen-bond acceptors (Lipinski definition) is 7. The Labute approximate surface area is 137 Å². The van der Waals surface area contributed by atoms with Gasteiger partial charge in [-0.05, 0) is 30.7 Å². The van der Waals surface area contributed by atoms with Gasteiger partial charge in [-0.15, -0.1) is 0 Å². The van der Waals surface area contributed by atoms with E-state index in [0.717, 1.165) is 18.2 Å². The van der Waals surface area contributed by atoms with Gasteiger partial charge in [0.25, 0.3) is 11.5 Å². The average molecular weight is 332 g/mol. The summed E-state index contributed by atoms with van der Waals surface area (Å²) >= 11 is 0. The van der Waals surface area contributed by atoms with E-state index in [1.807, 2.05) is 18.2 Å². The van der Waals surface area contributed by atoms with E-state index in [0.29, 0.717) is 17.4 Å². The van der Waals surface area contributed by atoms with Crippen molar-refractivity contribution in [3.05, 3.63) is 45.9 Å². The zero-order valence-electron chi connectivity index (χ0n) is 13.1. The van der Waals surface area contributed by atoms with E-state index in [1.165, 1.54) is 6.07 Å². The normalized spacial score (nSPS) is 11.8. The predicted octanol–water partition coefficient (Wildman–Crippen LogP) is 1.34. The Hall–Kier alpha value is -3.36. The summed E-state index contributed by atoms with van der Waals surface area (Å²) in [7, 11) is 0. The van der Waals surface area contributed by atoms with Gasteiger partial charge >= 0.3 is 0 Å². The average Bonchev–Trinajstić information content (AvgIpc) is 2.93. The van der Waals surface area contributed by atoms with Crippen LogP contribution in [-0.2, 0) is 4.79 Å². The Kier molecular flexibility index (Phi) is 5.50. The fraction of sp³-hybridized carbons (Fsp3) is 0.200. The Morgan fingerprint density at radius 1 is 1.38 bits per heavy atom. The van der Waals surface area contributed by atoms with Crippen molar-refractivity contribution in [2.75, 3.05) is 12.2 Å². The lowest BCUT2D eigenvalue weighted by molar-refractivity contribution is -0.134. The molecule has 0 saturated heterocycles. The molecule has 1 aromatic heterocycles. The van der Waals surface area contributed by atoms with Crippen LogP contribution in [-0.4, -0.2) is 34.1 Å². The van der Waals surface area contributed by atoms with Gasteiger partial charge in [-0.25, -0.2) is 10.4 Å². The number of anilines is 1. The summed E-state index contributed by atoms with van der Waals surface area (Å²) in [6.45, 7) is 3.06. The highest BCUT2D eigenvalue weighted by molar-refractivity contribution is 5.81. The van der Waals surface area contributed by atoms with Crippen LogP contribution in [0.5, 0.6) is 11.5 Å². The summed E-state index contributed by atoms with van der Waals surface area (Å²) in [6.07, 6.45) is 1.60. The Morgan fingerprint density at radius 2 is 2.08 bits per heavy atom. The Bertz CT molecular complexity index is 812. The van der Waals surface area contributed by atoms with Gasteiger partial charge in [0.2, 0.25) is 12.7 Å². The van der Waals surface area contributed by atoms with Gasteiger partial charge in [-0.1, -0.05) is 0 Å². The van der Waals surface area contributed by atoms with Gasteiger partial charge in [-0.2, -0.15) is 5.10 Å². The van der Waals surface area contributed by atoms with Crippen molar-refractivity contribution in [1.82, 2.24) is 9.97 Å². The van der Waals surface area contributed by atoms with Crippen LogP contribution in [0.4, 0.5) is 5.95 Å². The number of hydrazone groups is 1. The summed E-state index contributed by atoms with van der Waals surface area (Å²) < 4.78 is 10.5. The number of nitrogens with zero attached hydrogens (tertiary/aromatic N) is 2. The van der Waals surface area contributed by atoms with E-state index in [9.17, 15) is 4.79 Å². The van der Waals surface area contributed by atoms with Crippen LogP contribution in [0.15, 0.2) is 34.2 Å². The number of carboxylic acid groups (broad SMARTS) is 1. The van der Waals surface area contributed by atoms with Gasteiger partial charge in [0, 0.05) is 18.7 Å². The van der Waals surface area contributed by atoms with Gasteiger partial charge in [-0.3, -0.25) is 14.6 Å². The van der Waals surface area contributed by atoms with Crippen molar-refractivity contribution in [3.8, 4) is 11.5 Å². The van der Waals surface area contributed by atoms with E-state index in [-0.39, 0.29) is 12.4 Å². The maximum atomic E-state index is 11.3. The molecule has 1 aliphatic heterocycles. The van der Waals surface area contributed by atoms with Crippen molar-refractivity contribution >= 4 is 18.1 Å². The number of benzene rings is 1. The third-order valence-electron chi connectivity index (χ3n) is 2.65. The third-order valence-corrected chi connectivity index (χ3v) is 2.65. The van der Waals surface area contributed by atoms with Crippen molar-refractivity contribution in [3.63, 3.8) is 0 Å². The van der Waals surface area contributed by atoms with Gasteiger partial charge in [0.1, 0.15) is 0 Å². The molecule has 0 unspecified atom stereocenters. The number of fused-ring (bicyclic) bond motifs is 1. The van der Waals surface area contributed by atoms with Crippen LogP contribution in [0.25, 0.3) is 0 Å². The molecule has 126 valence electrons. The van der Waals surface area contributed by atoms with Crippen LogP contribution in [0.2, 0.25) is 0 Å². The second-order valence-corrected chi connectivity index (χ2v) is 4.74. The molecule has 3 rings (SSSR count). The van der Waals surface area contributed by atoms with Crippen molar-refractivity contribution in [2.45, 2.75) is 13.8 Å². The molecule has 2 aromatic rings. The number of carboxylic acids is 1. The van der Waals surface area contributed by atoms with Crippen LogP contribution >= 0.6 is 0 Å². The van der Waals surface area contributed by atoms with E-state index < -0.39 is 5.97 Å². The SMILES string of the molecule is CC(=O)O.Cc1cc(=O)[nH]c(N/N=C/c2ccc3c(c2)OCO3)n1. The lowest BCUT2D eigenvalue weighted by Crippen LogP contribution is -2.10. The molecule has 0 spiro atoms. The minimum absolute atomic E-state index is 0.224. The Balaban J connectivity index is 0.000000471. The molecule has 0 amide bonds. The van der Waals surface area contributed by atoms with E-state index >= 15 is 0 Å². The molecule has 9 nitrogen and oxygen atoms in total. The fourth-order valence-electron chi connectivity index (χ4n) is 1.79. The number of hydrogen-bond donors (Lipinski definition) is 3. The molecule has 1 aromatic carbocycles. The molecule has 3 N–H and O–H groups in total. The van der Waals surface area contributed by atoms with Crippen LogP contribution < -0.4 is 20.5 Å². The number of carbonyl (C=O) groups is 1. The monoisotopic (exact) mass is 332 g/mol. The second-order valence-electron chi connectivity index (χ2n) is 4.74. The molecule has 1 aliphatic rings. The minimum atomic E-state index is -0.833. The molecule has 0 saturated carbocycles. The summed E-state index contributed by atoms with van der Waals surface area (Å²) in [4.78, 5) is 26.9. The molecule has 24 heavy (non-hydrogen) atoms. The molecule has 0 aliphatic carbocycles. The highest BCUT2D eigenvalue weighted by Crippen LogP contribution is 2.31. The number of aromatic nitrogens is 2. The minimum Gasteiger partial charge on any atom is -0.481 e. The quantitative estimate of drug-likeness (QED) is 0.572. The standard InChI is InChI=1S/C13H12N4O3.C2H4O2/c1-8-4-12(18)16-13(15-8)17-14-6-9-2-3-10-11(5-9)20-7-19-10;1-2(3)4/h2-6H,7H2,1H3,(H2,15,16,17,18);1H3,(H,3,4)/b14-6+;. The molecule has 9 heteroatoms. The van der Waals surface area contributed by atoms with Crippen molar-refractivity contribution < 1.29 is 19.4 Å². The first-order valence-electron chi connectivity index (χ1n) is 6.90. The second kappa shape index (κ2) is 7.77. The third kappa shape index (κ3) is 5.13.